The Kier molecular flexibility index (Phi) is 5.29. The molecule has 4 nitrogen and oxygen atoms in total. The minimum absolute atomic E-state index is 0.00813. The number of ether oxygens (including phenoxy) is 2. The maximum atomic E-state index is 7.57. The highest BCUT2D eigenvalue weighted by atomic mass is 28.3. The summed E-state index contributed by atoms with van der Waals surface area (Å²) in [5, 5.41) is 10.8. The Hall–Kier alpha value is -1.33. The standard InChI is InChI=1S/C17H28N2O2Si/c1-17(7-8-17)21-15-5-6-16(14(11-15)12-18)19-13-20-9-10-22(2,3)4/h5-6,11-12,18-19H,7-10,13H2,1-4H3. The summed E-state index contributed by atoms with van der Waals surface area (Å²) in [5.74, 6) is 0.837. The number of hydrogen-bond acceptors (Lipinski definition) is 4. The summed E-state index contributed by atoms with van der Waals surface area (Å²) >= 11 is 0. The Labute approximate surface area is 134 Å². The molecule has 0 atom stereocenters. The number of rotatable bonds is 9. The van der Waals surface area contributed by atoms with Crippen molar-refractivity contribution in [3.63, 3.8) is 0 Å². The Morgan fingerprint density at radius 2 is 2.05 bits per heavy atom. The van der Waals surface area contributed by atoms with E-state index in [1.807, 2.05) is 18.2 Å². The van der Waals surface area contributed by atoms with Gasteiger partial charge in [-0.25, -0.2) is 0 Å². The van der Waals surface area contributed by atoms with Crippen molar-refractivity contribution in [2.45, 2.75) is 51.1 Å². The third-order valence-electron chi connectivity index (χ3n) is 3.86. The summed E-state index contributed by atoms with van der Waals surface area (Å²) < 4.78 is 11.6. The molecule has 122 valence electrons. The van der Waals surface area contributed by atoms with Gasteiger partial charge in [0.25, 0.3) is 0 Å². The first-order valence-corrected chi connectivity index (χ1v) is 11.7. The van der Waals surface area contributed by atoms with E-state index >= 15 is 0 Å². The molecule has 5 heteroatoms. The molecular weight excluding hydrogens is 292 g/mol. The largest absolute Gasteiger partial charge is 0.488 e. The van der Waals surface area contributed by atoms with Gasteiger partial charge in [-0.05, 0) is 44.0 Å². The first kappa shape index (κ1) is 17.0. The van der Waals surface area contributed by atoms with Crippen LogP contribution in [0.1, 0.15) is 25.3 Å². The van der Waals surface area contributed by atoms with Gasteiger partial charge in [-0.3, -0.25) is 0 Å². The maximum absolute atomic E-state index is 7.57. The predicted molar refractivity (Wildman–Crippen MR) is 95.2 cm³/mol. The number of nitrogens with one attached hydrogen (secondary N) is 2. The molecular formula is C17H28N2O2Si. The van der Waals surface area contributed by atoms with Crippen LogP contribution in [-0.2, 0) is 4.74 Å². The van der Waals surface area contributed by atoms with Crippen molar-refractivity contribution in [1.29, 1.82) is 5.41 Å². The van der Waals surface area contributed by atoms with Crippen molar-refractivity contribution < 1.29 is 9.47 Å². The van der Waals surface area contributed by atoms with Crippen molar-refractivity contribution in [3.8, 4) is 5.75 Å². The van der Waals surface area contributed by atoms with Gasteiger partial charge in [0.15, 0.2) is 0 Å². The van der Waals surface area contributed by atoms with Gasteiger partial charge in [-0.15, -0.1) is 0 Å². The average Bonchev–Trinajstić information content (AvgIpc) is 3.15. The van der Waals surface area contributed by atoms with Crippen LogP contribution < -0.4 is 10.1 Å². The smallest absolute Gasteiger partial charge is 0.120 e. The van der Waals surface area contributed by atoms with E-state index in [4.69, 9.17) is 14.9 Å². The molecule has 0 aliphatic heterocycles. The first-order valence-electron chi connectivity index (χ1n) is 7.97. The molecule has 1 aliphatic rings. The fourth-order valence-electron chi connectivity index (χ4n) is 2.03. The zero-order valence-corrected chi connectivity index (χ0v) is 15.2. The van der Waals surface area contributed by atoms with E-state index in [0.29, 0.717) is 6.73 Å². The van der Waals surface area contributed by atoms with Crippen LogP contribution in [0.5, 0.6) is 5.75 Å². The minimum Gasteiger partial charge on any atom is -0.488 e. The summed E-state index contributed by atoms with van der Waals surface area (Å²) in [7, 11) is -1.03. The Bertz CT molecular complexity index is 522. The molecule has 0 saturated heterocycles. The van der Waals surface area contributed by atoms with E-state index in [1.165, 1.54) is 6.21 Å². The summed E-state index contributed by atoms with van der Waals surface area (Å²) in [6.45, 7) is 10.4. The number of benzene rings is 1. The van der Waals surface area contributed by atoms with Crippen LogP contribution >= 0.6 is 0 Å². The van der Waals surface area contributed by atoms with Gasteiger partial charge < -0.3 is 20.2 Å². The molecule has 0 spiro atoms. The van der Waals surface area contributed by atoms with Crippen molar-refractivity contribution >= 4 is 20.0 Å². The molecule has 1 aliphatic carbocycles. The van der Waals surface area contributed by atoms with Crippen LogP contribution in [0.3, 0.4) is 0 Å². The monoisotopic (exact) mass is 320 g/mol. The molecule has 1 aromatic carbocycles. The summed E-state index contributed by atoms with van der Waals surface area (Å²) in [6.07, 6.45) is 3.57. The van der Waals surface area contributed by atoms with Gasteiger partial charge >= 0.3 is 0 Å². The van der Waals surface area contributed by atoms with Crippen LogP contribution in [0.25, 0.3) is 0 Å². The second-order valence-corrected chi connectivity index (χ2v) is 13.1. The van der Waals surface area contributed by atoms with E-state index in [-0.39, 0.29) is 5.60 Å². The Balaban J connectivity index is 1.84. The van der Waals surface area contributed by atoms with E-state index in [2.05, 4.69) is 31.9 Å². The third-order valence-corrected chi connectivity index (χ3v) is 5.56. The average molecular weight is 321 g/mol. The van der Waals surface area contributed by atoms with Gasteiger partial charge in [0.1, 0.15) is 18.1 Å². The molecule has 0 heterocycles. The summed E-state index contributed by atoms with van der Waals surface area (Å²) in [5.41, 5.74) is 1.75. The van der Waals surface area contributed by atoms with Crippen LogP contribution in [0.4, 0.5) is 5.69 Å². The molecule has 0 amide bonds. The SMILES string of the molecule is CC1(Oc2ccc(NCOCC[Si](C)(C)C)c(C=N)c2)CC1. The van der Waals surface area contributed by atoms with Gasteiger partial charge in [-0.2, -0.15) is 0 Å². The van der Waals surface area contributed by atoms with Gasteiger partial charge in [-0.1, -0.05) is 19.6 Å². The number of hydrogen-bond donors (Lipinski definition) is 2. The molecule has 1 aromatic rings. The van der Waals surface area contributed by atoms with Crippen molar-refractivity contribution in [2.24, 2.45) is 0 Å². The molecule has 22 heavy (non-hydrogen) atoms. The highest BCUT2D eigenvalue weighted by Gasteiger charge is 2.40. The zero-order valence-electron chi connectivity index (χ0n) is 14.2. The quantitative estimate of drug-likeness (QED) is 0.308. The van der Waals surface area contributed by atoms with Crippen molar-refractivity contribution in [2.75, 3.05) is 18.7 Å². The van der Waals surface area contributed by atoms with Gasteiger partial charge in [0, 0.05) is 32.1 Å². The molecule has 1 saturated carbocycles. The number of anilines is 1. The van der Waals surface area contributed by atoms with Crippen molar-refractivity contribution in [3.05, 3.63) is 23.8 Å². The van der Waals surface area contributed by atoms with E-state index in [0.717, 1.165) is 42.5 Å². The highest BCUT2D eigenvalue weighted by Crippen LogP contribution is 2.40. The lowest BCUT2D eigenvalue weighted by atomic mass is 10.2. The van der Waals surface area contributed by atoms with Crippen LogP contribution in [0, 0.1) is 5.41 Å². The van der Waals surface area contributed by atoms with E-state index < -0.39 is 8.07 Å². The van der Waals surface area contributed by atoms with Gasteiger partial charge in [0.2, 0.25) is 0 Å². The normalized spacial score (nSPS) is 16.2. The summed E-state index contributed by atoms with van der Waals surface area (Å²) in [4.78, 5) is 0. The minimum atomic E-state index is -1.03. The predicted octanol–water partition coefficient (Wildman–Crippen LogP) is 4.34. The molecule has 0 bridgehead atoms. The maximum Gasteiger partial charge on any atom is 0.120 e. The van der Waals surface area contributed by atoms with E-state index in [1.54, 1.807) is 0 Å². The second-order valence-electron chi connectivity index (χ2n) is 7.49. The second kappa shape index (κ2) is 6.83. The Morgan fingerprint density at radius 3 is 2.64 bits per heavy atom. The fourth-order valence-corrected chi connectivity index (χ4v) is 2.78. The summed E-state index contributed by atoms with van der Waals surface area (Å²) in [6, 6.07) is 7.00. The van der Waals surface area contributed by atoms with E-state index in [9.17, 15) is 0 Å². The topological polar surface area (TPSA) is 54.3 Å². The fraction of sp³-hybridized carbons (Fsp3) is 0.588. The van der Waals surface area contributed by atoms with Gasteiger partial charge in [0.05, 0.1) is 0 Å². The molecule has 1 fully saturated rings. The zero-order chi connectivity index (χ0) is 16.2. The molecule has 0 radical (unpaired) electrons. The van der Waals surface area contributed by atoms with Crippen LogP contribution in [-0.4, -0.2) is 33.2 Å². The molecule has 2 rings (SSSR count). The molecule has 0 aromatic heterocycles. The lowest BCUT2D eigenvalue weighted by Crippen LogP contribution is -2.22. The highest BCUT2D eigenvalue weighted by molar-refractivity contribution is 6.76. The third kappa shape index (κ3) is 5.46. The lowest BCUT2D eigenvalue weighted by Gasteiger charge is -2.17. The van der Waals surface area contributed by atoms with Crippen LogP contribution in [0.2, 0.25) is 25.7 Å². The molecule has 0 unspecified atom stereocenters. The first-order chi connectivity index (χ1) is 10.3. The van der Waals surface area contributed by atoms with Crippen molar-refractivity contribution in [1.82, 2.24) is 0 Å². The molecule has 2 N–H and O–H groups in total. The lowest BCUT2D eigenvalue weighted by molar-refractivity contribution is 0.166. The Morgan fingerprint density at radius 1 is 1.32 bits per heavy atom. The van der Waals surface area contributed by atoms with Crippen LogP contribution in [0.15, 0.2) is 18.2 Å².